The van der Waals surface area contributed by atoms with E-state index in [1.54, 1.807) is 0 Å². The number of thioether (sulfide) groups is 1. The maximum Gasteiger partial charge on any atom is 0.0673 e. The van der Waals surface area contributed by atoms with Crippen LogP contribution in [0.4, 0.5) is 0 Å². The molecule has 3 rings (SSSR count). The fourth-order valence-electron chi connectivity index (χ4n) is 2.90. The number of fused-ring (bicyclic) bond motifs is 1. The van der Waals surface area contributed by atoms with Crippen LogP contribution < -0.4 is 10.6 Å². The summed E-state index contributed by atoms with van der Waals surface area (Å²) in [6.45, 7) is 0. The van der Waals surface area contributed by atoms with Crippen molar-refractivity contribution in [1.82, 2.24) is 10.6 Å². The zero-order valence-electron chi connectivity index (χ0n) is 10.4. The van der Waals surface area contributed by atoms with Gasteiger partial charge in [0, 0.05) is 27.8 Å². The average molecular weight is 283 g/mol. The van der Waals surface area contributed by atoms with Gasteiger partial charge in [-0.25, -0.2) is 0 Å². The van der Waals surface area contributed by atoms with Crippen molar-refractivity contribution in [3.8, 4) is 0 Å². The monoisotopic (exact) mass is 282 g/mol. The van der Waals surface area contributed by atoms with E-state index in [-0.39, 0.29) is 0 Å². The quantitative estimate of drug-likeness (QED) is 0.832. The van der Waals surface area contributed by atoms with E-state index >= 15 is 0 Å². The SMILES string of the molecule is Clc1ccc(SCC2NC3CCCCC3N2)cc1. The Morgan fingerprint density at radius 1 is 1.06 bits per heavy atom. The van der Waals surface area contributed by atoms with Gasteiger partial charge < -0.3 is 0 Å². The standard InChI is InChI=1S/C14H19ClN2S/c15-10-5-7-11(8-6-10)18-9-14-16-12-3-1-2-4-13(12)17-14/h5-8,12-14,16-17H,1-4,9H2. The van der Waals surface area contributed by atoms with Crippen molar-refractivity contribution in [1.29, 1.82) is 0 Å². The molecule has 1 aliphatic carbocycles. The van der Waals surface area contributed by atoms with Gasteiger partial charge in [-0.15, -0.1) is 11.8 Å². The van der Waals surface area contributed by atoms with Gasteiger partial charge >= 0.3 is 0 Å². The highest BCUT2D eigenvalue weighted by atomic mass is 35.5. The Bertz CT molecular complexity index is 381. The first-order valence-electron chi connectivity index (χ1n) is 6.72. The molecule has 1 aromatic rings. The van der Waals surface area contributed by atoms with Crippen LogP contribution in [0, 0.1) is 0 Å². The maximum atomic E-state index is 5.89. The van der Waals surface area contributed by atoms with Gasteiger partial charge in [0.05, 0.1) is 6.17 Å². The number of rotatable bonds is 3. The van der Waals surface area contributed by atoms with Gasteiger partial charge in [-0.1, -0.05) is 24.4 Å². The largest absolute Gasteiger partial charge is 0.297 e. The second-order valence-corrected chi connectivity index (χ2v) is 6.68. The lowest BCUT2D eigenvalue weighted by atomic mass is 9.92. The van der Waals surface area contributed by atoms with Crippen LogP contribution >= 0.6 is 23.4 Å². The van der Waals surface area contributed by atoms with E-state index in [2.05, 4.69) is 22.8 Å². The molecule has 1 saturated heterocycles. The van der Waals surface area contributed by atoms with Crippen LogP contribution in [0.3, 0.4) is 0 Å². The van der Waals surface area contributed by atoms with E-state index in [0.717, 1.165) is 10.8 Å². The minimum Gasteiger partial charge on any atom is -0.297 e. The number of hydrogen-bond acceptors (Lipinski definition) is 3. The Balaban J connectivity index is 1.50. The topological polar surface area (TPSA) is 24.1 Å². The minimum absolute atomic E-state index is 0.457. The molecule has 0 spiro atoms. The average Bonchev–Trinajstić information content (AvgIpc) is 2.81. The molecule has 18 heavy (non-hydrogen) atoms. The third kappa shape index (κ3) is 3.02. The van der Waals surface area contributed by atoms with E-state index in [9.17, 15) is 0 Å². The second-order valence-electron chi connectivity index (χ2n) is 5.15. The summed E-state index contributed by atoms with van der Waals surface area (Å²) in [6.07, 6.45) is 5.89. The number of benzene rings is 1. The molecule has 0 bridgehead atoms. The third-order valence-corrected chi connectivity index (χ3v) is 5.18. The fourth-order valence-corrected chi connectivity index (χ4v) is 3.91. The summed E-state index contributed by atoms with van der Waals surface area (Å²) in [5.41, 5.74) is 0. The molecular weight excluding hydrogens is 264 g/mol. The first-order chi connectivity index (χ1) is 8.81. The van der Waals surface area contributed by atoms with Gasteiger partial charge in [0.25, 0.3) is 0 Å². The van der Waals surface area contributed by atoms with Crippen molar-refractivity contribution < 1.29 is 0 Å². The molecule has 2 nitrogen and oxygen atoms in total. The highest BCUT2D eigenvalue weighted by Gasteiger charge is 2.34. The van der Waals surface area contributed by atoms with Gasteiger partial charge in [-0.05, 0) is 37.1 Å². The third-order valence-electron chi connectivity index (χ3n) is 3.83. The van der Waals surface area contributed by atoms with Crippen molar-refractivity contribution in [3.63, 3.8) is 0 Å². The van der Waals surface area contributed by atoms with Crippen LogP contribution in [-0.2, 0) is 0 Å². The molecule has 1 heterocycles. The highest BCUT2D eigenvalue weighted by Crippen LogP contribution is 2.26. The first kappa shape index (κ1) is 12.8. The van der Waals surface area contributed by atoms with Crippen LogP contribution in [0.15, 0.2) is 29.2 Å². The number of halogens is 1. The van der Waals surface area contributed by atoms with Crippen LogP contribution in [0.1, 0.15) is 25.7 Å². The van der Waals surface area contributed by atoms with Gasteiger partial charge in [0.15, 0.2) is 0 Å². The molecule has 0 aromatic heterocycles. The van der Waals surface area contributed by atoms with E-state index < -0.39 is 0 Å². The molecule has 1 saturated carbocycles. The first-order valence-corrected chi connectivity index (χ1v) is 8.08. The van der Waals surface area contributed by atoms with E-state index in [1.807, 2.05) is 23.9 Å². The Labute approximate surface area is 118 Å². The van der Waals surface area contributed by atoms with Crippen molar-refractivity contribution in [2.45, 2.75) is 48.8 Å². The highest BCUT2D eigenvalue weighted by molar-refractivity contribution is 7.99. The van der Waals surface area contributed by atoms with Gasteiger partial charge in [-0.3, -0.25) is 10.6 Å². The van der Waals surface area contributed by atoms with Crippen LogP contribution in [0.2, 0.25) is 5.02 Å². The lowest BCUT2D eigenvalue weighted by Crippen LogP contribution is -2.36. The second kappa shape index (κ2) is 5.83. The minimum atomic E-state index is 0.457. The van der Waals surface area contributed by atoms with Crippen LogP contribution in [-0.4, -0.2) is 24.0 Å². The molecular formula is C14H19ClN2S. The summed E-state index contributed by atoms with van der Waals surface area (Å²) in [5.74, 6) is 1.08. The summed E-state index contributed by atoms with van der Waals surface area (Å²) in [7, 11) is 0. The Hall–Kier alpha value is -0.220. The summed E-state index contributed by atoms with van der Waals surface area (Å²) in [5, 5.41) is 8.24. The Kier molecular flexibility index (Phi) is 4.14. The number of hydrogen-bond donors (Lipinski definition) is 2. The van der Waals surface area contributed by atoms with Crippen molar-refractivity contribution >= 4 is 23.4 Å². The van der Waals surface area contributed by atoms with Crippen molar-refractivity contribution in [3.05, 3.63) is 29.3 Å². The zero-order chi connectivity index (χ0) is 12.4. The molecule has 2 unspecified atom stereocenters. The zero-order valence-corrected chi connectivity index (χ0v) is 11.9. The van der Waals surface area contributed by atoms with Crippen LogP contribution in [0.25, 0.3) is 0 Å². The lowest BCUT2D eigenvalue weighted by Gasteiger charge is -2.23. The molecule has 2 N–H and O–H groups in total. The van der Waals surface area contributed by atoms with E-state index in [1.165, 1.54) is 30.6 Å². The Morgan fingerprint density at radius 3 is 2.28 bits per heavy atom. The maximum absolute atomic E-state index is 5.89. The summed E-state index contributed by atoms with van der Waals surface area (Å²) >= 11 is 7.78. The molecule has 2 fully saturated rings. The predicted molar refractivity (Wildman–Crippen MR) is 78.3 cm³/mol. The summed E-state index contributed by atoms with van der Waals surface area (Å²) in [6, 6.07) is 9.51. The molecule has 0 radical (unpaired) electrons. The normalized spacial score (nSPS) is 31.3. The molecule has 2 aliphatic rings. The lowest BCUT2D eigenvalue weighted by molar-refractivity contribution is 0.374. The van der Waals surface area contributed by atoms with Crippen LogP contribution in [0.5, 0.6) is 0 Å². The van der Waals surface area contributed by atoms with E-state index in [4.69, 9.17) is 11.6 Å². The molecule has 0 amide bonds. The molecule has 1 aliphatic heterocycles. The van der Waals surface area contributed by atoms with E-state index in [0.29, 0.717) is 18.2 Å². The van der Waals surface area contributed by atoms with Gasteiger partial charge in [0.1, 0.15) is 0 Å². The van der Waals surface area contributed by atoms with Crippen molar-refractivity contribution in [2.75, 3.05) is 5.75 Å². The molecule has 1 aromatic carbocycles. The fraction of sp³-hybridized carbons (Fsp3) is 0.571. The van der Waals surface area contributed by atoms with Gasteiger partial charge in [-0.2, -0.15) is 0 Å². The Morgan fingerprint density at radius 2 is 1.67 bits per heavy atom. The molecule has 98 valence electrons. The molecule has 2 atom stereocenters. The smallest absolute Gasteiger partial charge is 0.0673 e. The van der Waals surface area contributed by atoms with Gasteiger partial charge in [0.2, 0.25) is 0 Å². The summed E-state index contributed by atoms with van der Waals surface area (Å²) in [4.78, 5) is 1.29. The molecule has 4 heteroatoms. The number of nitrogens with one attached hydrogen (secondary N) is 2. The summed E-state index contributed by atoms with van der Waals surface area (Å²) < 4.78 is 0. The predicted octanol–water partition coefficient (Wildman–Crippen LogP) is 3.26. The van der Waals surface area contributed by atoms with Crippen molar-refractivity contribution in [2.24, 2.45) is 0 Å².